The summed E-state index contributed by atoms with van der Waals surface area (Å²) in [5, 5.41) is 10.5. The summed E-state index contributed by atoms with van der Waals surface area (Å²) in [6.45, 7) is 46.8. The Morgan fingerprint density at radius 1 is 0.556 bits per heavy atom. The van der Waals surface area contributed by atoms with Gasteiger partial charge in [-0.1, -0.05) is 6.92 Å². The van der Waals surface area contributed by atoms with E-state index in [-0.39, 0.29) is 5.54 Å². The molecule has 0 radical (unpaired) electrons. The molecule has 368 valence electrons. The predicted octanol–water partition coefficient (Wildman–Crippen LogP) is 3.77. The number of nitrogens with zero attached hydrogens (tertiary/aromatic N) is 7. The summed E-state index contributed by atoms with van der Waals surface area (Å²) in [5.41, 5.74) is -0.134. The van der Waals surface area contributed by atoms with E-state index in [1.54, 1.807) is 0 Å². The highest BCUT2D eigenvalue weighted by molar-refractivity contribution is 5.90. The van der Waals surface area contributed by atoms with Crippen LogP contribution in [0.25, 0.3) is 0 Å². The van der Waals surface area contributed by atoms with Crippen molar-refractivity contribution >= 4 is 5.78 Å². The van der Waals surface area contributed by atoms with Gasteiger partial charge in [-0.3, -0.25) is 29.3 Å². The number of likely N-dealkylation sites (tertiary alicyclic amines) is 3. The predicted molar refractivity (Wildman–Crippen MR) is 262 cm³/mol. The highest BCUT2D eigenvalue weighted by Crippen LogP contribution is 2.29. The van der Waals surface area contributed by atoms with Crippen LogP contribution in [0.5, 0.6) is 0 Å². The van der Waals surface area contributed by atoms with Gasteiger partial charge in [0, 0.05) is 166 Å². The normalized spacial score (nSPS) is 32.6. The molecule has 63 heavy (non-hydrogen) atoms. The molecular formula is C50H100N10O3. The number of Topliss-reactive ketones (excluding diaryl/α,β-unsaturated/α-hetero) is 1. The molecule has 9 heterocycles. The van der Waals surface area contributed by atoms with Crippen LogP contribution in [-0.4, -0.2) is 238 Å². The lowest BCUT2D eigenvalue weighted by molar-refractivity contribution is -0.124. The van der Waals surface area contributed by atoms with Gasteiger partial charge in [0.2, 0.25) is 0 Å². The summed E-state index contributed by atoms with van der Waals surface area (Å²) in [7, 11) is 2.19. The fourth-order valence-electron chi connectivity index (χ4n) is 11.3. The van der Waals surface area contributed by atoms with Gasteiger partial charge in [0.05, 0.1) is 31.0 Å². The number of piperazine rings is 2. The number of ketones is 1. The molecule has 13 heteroatoms. The number of nitrogens with one attached hydrogen (secondary N) is 3. The Hall–Kier alpha value is -0.810. The van der Waals surface area contributed by atoms with E-state index >= 15 is 0 Å². The van der Waals surface area contributed by atoms with Crippen molar-refractivity contribution in [2.75, 3.05) is 132 Å². The van der Waals surface area contributed by atoms with Crippen LogP contribution in [0.2, 0.25) is 0 Å². The monoisotopic (exact) mass is 889 g/mol. The molecule has 9 saturated heterocycles. The van der Waals surface area contributed by atoms with Crippen molar-refractivity contribution in [2.24, 2.45) is 5.92 Å². The van der Waals surface area contributed by atoms with Crippen molar-refractivity contribution < 1.29 is 14.3 Å². The Morgan fingerprint density at radius 3 is 1.48 bits per heavy atom. The highest BCUT2D eigenvalue weighted by Gasteiger charge is 2.44. The van der Waals surface area contributed by atoms with Gasteiger partial charge < -0.3 is 35.2 Å². The molecule has 13 nitrogen and oxygen atoms in total. The molecule has 0 aliphatic carbocycles. The number of carbonyl (C=O) groups excluding carboxylic acids is 1. The van der Waals surface area contributed by atoms with Crippen LogP contribution in [-0.2, 0) is 14.3 Å². The smallest absolute Gasteiger partial charge is 0.154 e. The molecule has 9 aliphatic heterocycles. The van der Waals surface area contributed by atoms with Crippen LogP contribution in [0.4, 0.5) is 0 Å². The minimum Gasteiger partial charge on any atom is -0.375 e. The van der Waals surface area contributed by atoms with Crippen molar-refractivity contribution in [2.45, 2.75) is 181 Å². The maximum Gasteiger partial charge on any atom is 0.154 e. The molecule has 1 spiro atoms. The molecule has 3 N–H and O–H groups in total. The van der Waals surface area contributed by atoms with Crippen LogP contribution in [0.3, 0.4) is 0 Å². The quantitative estimate of drug-likeness (QED) is 0.375. The second kappa shape index (κ2) is 26.1. The maximum atomic E-state index is 11.7. The van der Waals surface area contributed by atoms with Gasteiger partial charge in [0.25, 0.3) is 0 Å². The first-order chi connectivity index (χ1) is 30.0. The van der Waals surface area contributed by atoms with Gasteiger partial charge in [-0.25, -0.2) is 0 Å². The Morgan fingerprint density at radius 2 is 1.02 bits per heavy atom. The minimum absolute atomic E-state index is 0.134. The summed E-state index contributed by atoms with van der Waals surface area (Å²) >= 11 is 0. The Balaban J connectivity index is 0.000000149. The van der Waals surface area contributed by atoms with Crippen LogP contribution in [0.1, 0.15) is 115 Å². The summed E-state index contributed by atoms with van der Waals surface area (Å²) in [6, 6.07) is 5.44. The van der Waals surface area contributed by atoms with Gasteiger partial charge in [-0.15, -0.1) is 0 Å². The van der Waals surface area contributed by atoms with Crippen LogP contribution in [0, 0.1) is 5.92 Å². The van der Waals surface area contributed by atoms with Gasteiger partial charge in [-0.05, 0) is 114 Å². The molecule has 9 aliphatic rings. The third kappa shape index (κ3) is 16.2. The van der Waals surface area contributed by atoms with Crippen molar-refractivity contribution in [1.82, 2.24) is 50.2 Å². The van der Waals surface area contributed by atoms with Crippen molar-refractivity contribution in [3.05, 3.63) is 0 Å². The van der Waals surface area contributed by atoms with E-state index in [2.05, 4.69) is 133 Å². The second-order valence-electron chi connectivity index (χ2n) is 22.0. The van der Waals surface area contributed by atoms with Gasteiger partial charge in [-0.2, -0.15) is 0 Å². The molecule has 0 aromatic rings. The topological polar surface area (TPSA) is 94.3 Å². The number of likely N-dealkylation sites (N-methyl/N-ethyl adjacent to an activating group) is 1. The SMILES string of the molecule is CC(C)N1CCC2(CC1)NCCC2=O.CC(C)N1CCN(C)CC1.CC(C)N1CCN2C[C@H](C)C[C@H]2C1.CC(C)N1CC[C@@H]2OCCN[C@H]2C1.CC(C)N1CC[C@H]2OCCN[C@@H]2C1. The van der Waals surface area contributed by atoms with E-state index < -0.39 is 0 Å². The molecule has 0 amide bonds. The fraction of sp³-hybridized carbons (Fsp3) is 0.980. The van der Waals surface area contributed by atoms with Crippen LogP contribution >= 0.6 is 0 Å². The Labute approximate surface area is 387 Å². The first-order valence-electron chi connectivity index (χ1n) is 26.2. The molecule has 9 fully saturated rings. The van der Waals surface area contributed by atoms with E-state index in [0.29, 0.717) is 48.2 Å². The van der Waals surface area contributed by atoms with E-state index in [4.69, 9.17) is 9.47 Å². The number of morpholine rings is 2. The fourth-order valence-corrected chi connectivity index (χ4v) is 11.3. The number of piperidine rings is 3. The largest absolute Gasteiger partial charge is 0.375 e. The number of hydrogen-bond donors (Lipinski definition) is 3. The maximum absolute atomic E-state index is 11.7. The second-order valence-corrected chi connectivity index (χ2v) is 22.0. The van der Waals surface area contributed by atoms with Crippen molar-refractivity contribution in [1.29, 1.82) is 0 Å². The third-order valence-electron chi connectivity index (χ3n) is 15.9. The molecule has 0 aromatic heterocycles. The molecule has 0 bridgehead atoms. The average Bonchev–Trinajstić information content (AvgIpc) is 3.83. The third-order valence-corrected chi connectivity index (χ3v) is 15.9. The Bertz CT molecular complexity index is 1220. The summed E-state index contributed by atoms with van der Waals surface area (Å²) in [5.74, 6) is 1.37. The van der Waals surface area contributed by atoms with Gasteiger partial charge in [0.15, 0.2) is 5.78 Å². The zero-order chi connectivity index (χ0) is 45.7. The van der Waals surface area contributed by atoms with E-state index in [1.807, 2.05) is 0 Å². The van der Waals surface area contributed by atoms with Gasteiger partial charge >= 0.3 is 0 Å². The Kier molecular flexibility index (Phi) is 22.0. The number of carbonyl (C=O) groups is 1. The molecule has 0 saturated carbocycles. The van der Waals surface area contributed by atoms with E-state index in [9.17, 15) is 4.79 Å². The molecule has 0 unspecified atom stereocenters. The molecule has 0 aromatic carbocycles. The first kappa shape index (κ1) is 53.1. The molecule has 6 atom stereocenters. The zero-order valence-electron chi connectivity index (χ0n) is 42.9. The van der Waals surface area contributed by atoms with Crippen molar-refractivity contribution in [3.63, 3.8) is 0 Å². The first-order valence-corrected chi connectivity index (χ1v) is 26.2. The molecule has 9 rings (SSSR count). The lowest BCUT2D eigenvalue weighted by Crippen LogP contribution is -2.59. The van der Waals surface area contributed by atoms with Crippen LogP contribution in [0.15, 0.2) is 0 Å². The standard InChI is InChI=1S/C11H20N2O.C11H22N2.2C10H20N2O.C8H18N2/c1-9(2)13-7-4-11(5-8-13)10(14)3-6-12-11;1-9(2)12-4-5-13-7-10(3)6-11(13)8-12;2*1-8(2)12-5-3-10-9(7-12)11-4-6-13-10;1-8(2)10-6-4-9(3)5-7-10/h9,12H,3-8H2,1-2H3;9-11H,4-8H2,1-3H3;2*8-11H,3-7H2,1-2H3;8H,4-7H2,1-3H3/t;10-,11+;2*9-,10-;/m.110./s1. The number of rotatable bonds is 5. The number of hydrogen-bond acceptors (Lipinski definition) is 13. The van der Waals surface area contributed by atoms with Crippen LogP contribution < -0.4 is 16.0 Å². The summed E-state index contributed by atoms with van der Waals surface area (Å²) in [4.78, 5) is 29.5. The molecular weight excluding hydrogens is 789 g/mol. The summed E-state index contributed by atoms with van der Waals surface area (Å²) < 4.78 is 11.4. The lowest BCUT2D eigenvalue weighted by atomic mass is 9.85. The average molecular weight is 889 g/mol. The number of fused-ring (bicyclic) bond motifs is 3. The van der Waals surface area contributed by atoms with Gasteiger partial charge in [0.1, 0.15) is 0 Å². The summed E-state index contributed by atoms with van der Waals surface area (Å²) in [6.07, 6.45) is 7.50. The zero-order valence-corrected chi connectivity index (χ0v) is 42.9. The van der Waals surface area contributed by atoms with Crippen molar-refractivity contribution in [3.8, 4) is 0 Å². The lowest BCUT2D eigenvalue weighted by Gasteiger charge is -2.43. The minimum atomic E-state index is -0.134. The van der Waals surface area contributed by atoms with E-state index in [1.165, 1.54) is 84.7 Å². The van der Waals surface area contributed by atoms with E-state index in [0.717, 1.165) is 102 Å². The number of ether oxygens (including phenoxy) is 2. The highest BCUT2D eigenvalue weighted by atomic mass is 16.5.